The van der Waals surface area contributed by atoms with Crippen molar-refractivity contribution < 1.29 is 26.4 Å². The largest absolute Gasteiger partial charge is 0.416 e. The highest BCUT2D eigenvalue weighted by Crippen LogP contribution is 2.59. The van der Waals surface area contributed by atoms with Crippen molar-refractivity contribution in [3.63, 3.8) is 0 Å². The van der Waals surface area contributed by atoms with Crippen LogP contribution in [-0.4, -0.2) is 40.8 Å². The molecular formula is C20H17ClF3N3O3S2. The summed E-state index contributed by atoms with van der Waals surface area (Å²) in [5.74, 6) is -2.43. The van der Waals surface area contributed by atoms with Gasteiger partial charge in [-0.1, -0.05) is 47.6 Å². The van der Waals surface area contributed by atoms with Gasteiger partial charge >= 0.3 is 6.18 Å². The Bertz CT molecular complexity index is 1170. The molecule has 2 aromatic rings. The molecule has 2 heterocycles. The zero-order valence-corrected chi connectivity index (χ0v) is 18.7. The van der Waals surface area contributed by atoms with Gasteiger partial charge < -0.3 is 0 Å². The zero-order chi connectivity index (χ0) is 23.1. The highest BCUT2D eigenvalue weighted by Gasteiger charge is 2.72. The molecule has 32 heavy (non-hydrogen) atoms. The van der Waals surface area contributed by atoms with E-state index in [1.54, 1.807) is 24.3 Å². The Labute approximate surface area is 191 Å². The number of thioether (sulfide) groups is 1. The Morgan fingerprint density at radius 1 is 1.19 bits per heavy atom. The van der Waals surface area contributed by atoms with Crippen LogP contribution in [-0.2, 0) is 15.6 Å². The van der Waals surface area contributed by atoms with Gasteiger partial charge in [-0.05, 0) is 42.5 Å². The first-order chi connectivity index (χ1) is 15.0. The number of aromatic nitrogens is 1. The normalized spacial score (nSPS) is 23.6. The number of carbonyl (C=O) groups is 1. The van der Waals surface area contributed by atoms with Gasteiger partial charge in [0.1, 0.15) is 10.3 Å². The van der Waals surface area contributed by atoms with Gasteiger partial charge in [0.2, 0.25) is 0 Å². The summed E-state index contributed by atoms with van der Waals surface area (Å²) in [6, 6.07) is 10.6. The van der Waals surface area contributed by atoms with E-state index < -0.39 is 48.9 Å². The van der Waals surface area contributed by atoms with Gasteiger partial charge in [-0.3, -0.25) is 15.1 Å². The predicted molar refractivity (Wildman–Crippen MR) is 116 cm³/mol. The summed E-state index contributed by atoms with van der Waals surface area (Å²) in [6.07, 6.45) is -3.18. The van der Waals surface area contributed by atoms with Crippen molar-refractivity contribution >= 4 is 44.3 Å². The van der Waals surface area contributed by atoms with Crippen LogP contribution < -0.4 is 5.32 Å². The number of hydrogen-bond acceptors (Lipinski definition) is 6. The molecule has 2 unspecified atom stereocenters. The second-order valence-electron chi connectivity index (χ2n) is 7.53. The quantitative estimate of drug-likeness (QED) is 0.660. The second-order valence-corrected chi connectivity index (χ2v) is 11.4. The monoisotopic (exact) mass is 503 g/mol. The molecule has 1 aliphatic carbocycles. The van der Waals surface area contributed by atoms with Crippen molar-refractivity contribution in [3.8, 4) is 0 Å². The van der Waals surface area contributed by atoms with Crippen LogP contribution in [0.15, 0.2) is 53.7 Å². The molecule has 1 aliphatic heterocycles. The summed E-state index contributed by atoms with van der Waals surface area (Å²) in [5.41, 5.74) is -2.67. The first kappa shape index (κ1) is 23.1. The van der Waals surface area contributed by atoms with Gasteiger partial charge in [0.15, 0.2) is 20.5 Å². The van der Waals surface area contributed by atoms with E-state index in [0.29, 0.717) is 11.8 Å². The predicted octanol–water partition coefficient (Wildman–Crippen LogP) is 4.22. The van der Waals surface area contributed by atoms with Gasteiger partial charge in [0.25, 0.3) is 5.91 Å². The molecular weight excluding hydrogens is 487 g/mol. The number of pyridine rings is 1. The van der Waals surface area contributed by atoms with Crippen molar-refractivity contribution in [3.05, 3.63) is 64.9 Å². The van der Waals surface area contributed by atoms with Crippen molar-refractivity contribution in [2.75, 3.05) is 0 Å². The summed E-state index contributed by atoms with van der Waals surface area (Å²) in [5, 5.41) is 2.06. The highest BCUT2D eigenvalue weighted by atomic mass is 35.5. The molecule has 1 N–H and O–H groups in total. The van der Waals surface area contributed by atoms with E-state index in [0.717, 1.165) is 0 Å². The smallest absolute Gasteiger partial charge is 0.300 e. The topological polar surface area (TPSA) is 88.5 Å². The van der Waals surface area contributed by atoms with Gasteiger partial charge in [-0.25, -0.2) is 13.4 Å². The number of halogens is 4. The van der Waals surface area contributed by atoms with Crippen LogP contribution in [0.5, 0.6) is 0 Å². The maximum absolute atomic E-state index is 14.4. The number of benzene rings is 1. The molecule has 1 fully saturated rings. The number of aliphatic imine (C=N–C) groups is 1. The molecule has 1 aromatic heterocycles. The number of amidine groups is 1. The average molecular weight is 504 g/mol. The van der Waals surface area contributed by atoms with Crippen LogP contribution in [0, 0.1) is 5.92 Å². The second kappa shape index (κ2) is 8.35. The number of nitrogens with one attached hydrogen (secondary N) is 1. The van der Waals surface area contributed by atoms with Gasteiger partial charge in [0, 0.05) is 11.2 Å². The van der Waals surface area contributed by atoms with E-state index in [-0.39, 0.29) is 29.1 Å². The van der Waals surface area contributed by atoms with Crippen LogP contribution in [0.2, 0.25) is 5.02 Å². The number of hydrogen-bond donors (Lipinski definition) is 1. The third kappa shape index (κ3) is 4.25. The molecule has 2 aliphatic rings. The van der Waals surface area contributed by atoms with E-state index in [1.165, 1.54) is 24.4 Å². The minimum absolute atomic E-state index is 0.0257. The van der Waals surface area contributed by atoms with Crippen LogP contribution >= 0.6 is 23.4 Å². The number of amides is 1. The fraction of sp³-hybridized carbons (Fsp3) is 0.350. The van der Waals surface area contributed by atoms with Crippen LogP contribution in [0.3, 0.4) is 0 Å². The molecule has 12 heteroatoms. The zero-order valence-electron chi connectivity index (χ0n) is 16.3. The van der Waals surface area contributed by atoms with Crippen LogP contribution in [0.25, 0.3) is 0 Å². The number of carbonyl (C=O) groups excluding carboxylic acids is 1. The SMILES string of the molecule is O=C(NC1=NC(C2CC2)(C(F)(F)F)C(S(=O)(=O)Cc2ccccc2Cl)S1)c1ccccn1. The molecule has 0 bridgehead atoms. The van der Waals surface area contributed by atoms with E-state index in [2.05, 4.69) is 15.3 Å². The summed E-state index contributed by atoms with van der Waals surface area (Å²) in [6.45, 7) is 0. The average Bonchev–Trinajstić information content (AvgIpc) is 3.50. The van der Waals surface area contributed by atoms with Crippen molar-refractivity contribution in [1.82, 2.24) is 10.3 Å². The molecule has 4 rings (SSSR count). The fourth-order valence-electron chi connectivity index (χ4n) is 3.64. The maximum atomic E-state index is 14.4. The van der Waals surface area contributed by atoms with Gasteiger partial charge in [0.05, 0.1) is 5.75 Å². The van der Waals surface area contributed by atoms with Gasteiger partial charge in [-0.15, -0.1) is 0 Å². The molecule has 1 saturated carbocycles. The van der Waals surface area contributed by atoms with E-state index >= 15 is 0 Å². The highest BCUT2D eigenvalue weighted by molar-refractivity contribution is 8.23. The molecule has 170 valence electrons. The lowest BCUT2D eigenvalue weighted by Gasteiger charge is -2.33. The first-order valence-electron chi connectivity index (χ1n) is 9.55. The fourth-order valence-corrected chi connectivity index (χ4v) is 7.87. The van der Waals surface area contributed by atoms with E-state index in [9.17, 15) is 26.4 Å². The molecule has 2 atom stereocenters. The lowest BCUT2D eigenvalue weighted by molar-refractivity contribution is -0.185. The number of sulfone groups is 1. The Balaban J connectivity index is 1.70. The van der Waals surface area contributed by atoms with Gasteiger partial charge in [-0.2, -0.15) is 13.2 Å². The standard InChI is InChI=1S/C20H17ClF3N3O3S2/c21-14-6-2-1-5-12(14)11-32(29,30)17-19(13-8-9-13,20(22,23)24)27-18(31-17)26-16(28)15-7-3-4-10-25-15/h1-7,10,13,17H,8-9,11H2,(H,26,27,28). The third-order valence-electron chi connectivity index (χ3n) is 5.28. The van der Waals surface area contributed by atoms with E-state index in [1.807, 2.05) is 0 Å². The summed E-state index contributed by atoms with van der Waals surface area (Å²) >= 11 is 6.46. The summed E-state index contributed by atoms with van der Waals surface area (Å²) in [7, 11) is -4.39. The molecule has 1 aromatic carbocycles. The van der Waals surface area contributed by atoms with Crippen molar-refractivity contribution in [1.29, 1.82) is 0 Å². The third-order valence-corrected chi connectivity index (χ3v) is 9.53. The van der Waals surface area contributed by atoms with Crippen molar-refractivity contribution in [2.24, 2.45) is 10.9 Å². The minimum atomic E-state index is -4.93. The molecule has 0 spiro atoms. The lowest BCUT2D eigenvalue weighted by atomic mass is 9.95. The number of alkyl halides is 3. The van der Waals surface area contributed by atoms with Crippen molar-refractivity contribution in [2.45, 2.75) is 34.9 Å². The number of nitrogens with zero attached hydrogens (tertiary/aromatic N) is 2. The van der Waals surface area contributed by atoms with Crippen LogP contribution in [0.1, 0.15) is 28.9 Å². The Morgan fingerprint density at radius 3 is 2.47 bits per heavy atom. The number of rotatable bonds is 5. The lowest BCUT2D eigenvalue weighted by Crippen LogP contribution is -2.54. The molecule has 0 saturated heterocycles. The summed E-state index contributed by atoms with van der Waals surface area (Å²) in [4.78, 5) is 20.1. The Kier molecular flexibility index (Phi) is 6.01. The molecule has 6 nitrogen and oxygen atoms in total. The first-order valence-corrected chi connectivity index (χ1v) is 12.5. The summed E-state index contributed by atoms with van der Waals surface area (Å²) < 4.78 is 67.8. The molecule has 0 radical (unpaired) electrons. The van der Waals surface area contributed by atoms with E-state index in [4.69, 9.17) is 11.6 Å². The molecule has 1 amide bonds. The Hall–Kier alpha value is -2.11. The minimum Gasteiger partial charge on any atom is -0.300 e. The van der Waals surface area contributed by atoms with Crippen LogP contribution in [0.4, 0.5) is 13.2 Å². The maximum Gasteiger partial charge on any atom is 0.416 e. The Morgan fingerprint density at radius 2 is 1.88 bits per heavy atom.